The van der Waals surface area contributed by atoms with E-state index in [1.165, 1.54) is 12.1 Å². The Balaban J connectivity index is 3.02. The van der Waals surface area contributed by atoms with Gasteiger partial charge >= 0.3 is 10.0 Å². The third-order valence-corrected chi connectivity index (χ3v) is 2.47. The summed E-state index contributed by atoms with van der Waals surface area (Å²) in [6.07, 6.45) is 0. The summed E-state index contributed by atoms with van der Waals surface area (Å²) in [6.45, 7) is 0. The summed E-state index contributed by atoms with van der Waals surface area (Å²) in [5, 5.41) is 2.76. The highest BCUT2D eigenvalue weighted by Crippen LogP contribution is 2.06. The Morgan fingerprint density at radius 3 is 2.46 bits per heavy atom. The maximum atomic E-state index is 11.2. The van der Waals surface area contributed by atoms with Crippen LogP contribution in [0.4, 0.5) is 0 Å². The smallest absolute Gasteiger partial charge is 0.179 e. The highest BCUT2D eigenvalue weighted by molar-refractivity contribution is 7.89. The van der Waals surface area contributed by atoms with Crippen LogP contribution in [0.5, 0.6) is 0 Å². The molecule has 0 saturated heterocycles. The summed E-state index contributed by atoms with van der Waals surface area (Å²) < 4.78 is 22.4. The van der Waals surface area contributed by atoms with Crippen LogP contribution in [-0.2, 0) is 10.0 Å². The van der Waals surface area contributed by atoms with Crippen molar-refractivity contribution < 1.29 is 8.42 Å². The first-order valence-corrected chi connectivity index (χ1v) is 4.76. The van der Waals surface area contributed by atoms with Crippen LogP contribution in [0.15, 0.2) is 40.5 Å². The molecule has 6 nitrogen and oxygen atoms in total. The zero-order chi connectivity index (χ0) is 9.73. The number of benzene rings is 1. The molecule has 0 aromatic heterocycles. The van der Waals surface area contributed by atoms with Crippen LogP contribution in [0.1, 0.15) is 0 Å². The van der Waals surface area contributed by atoms with Crippen molar-refractivity contribution in [1.82, 2.24) is 4.83 Å². The average Bonchev–Trinajstić information content (AvgIpc) is 2.16. The molecule has 7 heteroatoms. The third kappa shape index (κ3) is 2.36. The van der Waals surface area contributed by atoms with Crippen LogP contribution in [0, 0.1) is 0 Å². The van der Waals surface area contributed by atoms with Crippen molar-refractivity contribution in [2.75, 3.05) is 0 Å². The Morgan fingerprint density at radius 2 is 1.92 bits per heavy atom. The maximum Gasteiger partial charge on any atom is 0.331 e. The Bertz CT molecular complexity index is 421. The molecule has 0 aliphatic heterocycles. The standard InChI is InChI=1S/C6H6N4O2S/c7-8-9-10-13(11,12)6-4-2-1-3-5-6/h1-5,10H. The molecule has 0 heterocycles. The van der Waals surface area contributed by atoms with E-state index in [9.17, 15) is 8.42 Å². The lowest BCUT2D eigenvalue weighted by atomic mass is 10.4. The van der Waals surface area contributed by atoms with Gasteiger partial charge in [0.15, 0.2) is 0 Å². The minimum atomic E-state index is -3.69. The van der Waals surface area contributed by atoms with Gasteiger partial charge in [0.05, 0.1) is 0 Å². The molecule has 0 saturated carbocycles. The zero-order valence-electron chi connectivity index (χ0n) is 6.45. The number of azide groups is 1. The lowest BCUT2D eigenvalue weighted by molar-refractivity contribution is 0.584. The first kappa shape index (κ1) is 9.37. The Hall–Kier alpha value is -1.72. The number of rotatable bonds is 3. The van der Waals surface area contributed by atoms with Gasteiger partial charge in [-0.25, -0.2) is 0 Å². The summed E-state index contributed by atoms with van der Waals surface area (Å²) in [7, 11) is -3.69. The van der Waals surface area contributed by atoms with Crippen molar-refractivity contribution in [2.24, 2.45) is 5.22 Å². The molecule has 0 fully saturated rings. The number of nitrogens with zero attached hydrogens (tertiary/aromatic N) is 3. The third-order valence-electron chi connectivity index (χ3n) is 1.26. The van der Waals surface area contributed by atoms with Crippen LogP contribution >= 0.6 is 0 Å². The van der Waals surface area contributed by atoms with Gasteiger partial charge in [0.2, 0.25) is 0 Å². The molecule has 0 aliphatic carbocycles. The molecule has 1 rings (SSSR count). The van der Waals surface area contributed by atoms with Gasteiger partial charge in [0, 0.05) is 0 Å². The van der Waals surface area contributed by atoms with Crippen molar-refractivity contribution in [3.05, 3.63) is 40.8 Å². The van der Waals surface area contributed by atoms with Gasteiger partial charge in [0.25, 0.3) is 0 Å². The minimum absolute atomic E-state index is 0.0578. The molecule has 1 N–H and O–H groups in total. The number of hydrogen-bond acceptors (Lipinski definition) is 3. The molecule has 1 aromatic carbocycles. The molecule has 1 aromatic rings. The normalized spacial score (nSPS) is 10.2. The van der Waals surface area contributed by atoms with E-state index < -0.39 is 10.0 Å². The second-order valence-electron chi connectivity index (χ2n) is 2.10. The first-order chi connectivity index (χ1) is 6.17. The van der Waals surface area contributed by atoms with E-state index >= 15 is 0 Å². The van der Waals surface area contributed by atoms with Crippen molar-refractivity contribution in [3.63, 3.8) is 0 Å². The van der Waals surface area contributed by atoms with Gasteiger partial charge < -0.3 is 0 Å². The van der Waals surface area contributed by atoms with Crippen LogP contribution in [0.2, 0.25) is 0 Å². The van der Waals surface area contributed by atoms with Gasteiger partial charge in [-0.05, 0) is 17.4 Å². The van der Waals surface area contributed by atoms with E-state index in [2.05, 4.69) is 10.1 Å². The van der Waals surface area contributed by atoms with Crippen molar-refractivity contribution in [3.8, 4) is 0 Å². The predicted molar refractivity (Wildman–Crippen MR) is 45.9 cm³/mol. The van der Waals surface area contributed by atoms with Gasteiger partial charge in [-0.1, -0.05) is 18.2 Å². The molecule has 0 spiro atoms. The molecular formula is C6H6N4O2S. The Kier molecular flexibility index (Phi) is 2.73. The van der Waals surface area contributed by atoms with Crippen molar-refractivity contribution >= 4 is 10.0 Å². The maximum absolute atomic E-state index is 11.2. The van der Waals surface area contributed by atoms with Crippen LogP contribution in [0.3, 0.4) is 0 Å². The van der Waals surface area contributed by atoms with E-state index in [0.717, 1.165) is 0 Å². The van der Waals surface area contributed by atoms with Gasteiger partial charge in [-0.15, -0.1) is 10.4 Å². The fourth-order valence-corrected chi connectivity index (χ4v) is 1.49. The lowest BCUT2D eigenvalue weighted by Gasteiger charge is -1.96. The Morgan fingerprint density at radius 1 is 1.31 bits per heavy atom. The highest BCUT2D eigenvalue weighted by Gasteiger charge is 2.14. The van der Waals surface area contributed by atoms with E-state index in [1.807, 2.05) is 0 Å². The summed E-state index contributed by atoms with van der Waals surface area (Å²) in [4.78, 5) is 4.04. The first-order valence-electron chi connectivity index (χ1n) is 3.28. The zero-order valence-corrected chi connectivity index (χ0v) is 7.27. The molecular weight excluding hydrogens is 192 g/mol. The van der Waals surface area contributed by atoms with Crippen LogP contribution in [-0.4, -0.2) is 8.42 Å². The predicted octanol–water partition coefficient (Wildman–Crippen LogP) is 1.19. The lowest BCUT2D eigenvalue weighted by Crippen LogP contribution is -2.16. The molecule has 0 aliphatic rings. The second-order valence-corrected chi connectivity index (χ2v) is 3.76. The topological polar surface area (TPSA) is 94.9 Å². The van der Waals surface area contributed by atoms with Gasteiger partial charge in [-0.3, -0.25) is 0 Å². The molecule has 68 valence electrons. The second kappa shape index (κ2) is 3.79. The fourth-order valence-electron chi connectivity index (χ4n) is 0.724. The monoisotopic (exact) mass is 198 g/mol. The van der Waals surface area contributed by atoms with E-state index in [0.29, 0.717) is 0 Å². The molecule has 13 heavy (non-hydrogen) atoms. The van der Waals surface area contributed by atoms with Gasteiger partial charge in [0.1, 0.15) is 4.90 Å². The number of hydrogen-bond donors (Lipinski definition) is 1. The molecule has 0 unspecified atom stereocenters. The highest BCUT2D eigenvalue weighted by atomic mass is 32.2. The summed E-state index contributed by atoms with van der Waals surface area (Å²) in [5.74, 6) is 0. The number of sulfonamides is 1. The van der Waals surface area contributed by atoms with Crippen LogP contribution < -0.4 is 4.83 Å². The summed E-state index contributed by atoms with van der Waals surface area (Å²) in [6, 6.07) is 7.63. The molecule has 0 radical (unpaired) electrons. The SMILES string of the molecule is [N-]=[N+]=NNS(=O)(=O)c1ccccc1. The van der Waals surface area contributed by atoms with Crippen molar-refractivity contribution in [1.29, 1.82) is 0 Å². The van der Waals surface area contributed by atoms with Gasteiger partial charge in [-0.2, -0.15) is 13.3 Å². The fraction of sp³-hybridized carbons (Fsp3) is 0. The quantitative estimate of drug-likeness (QED) is 0.341. The molecule has 0 atom stereocenters. The van der Waals surface area contributed by atoms with E-state index in [1.54, 1.807) is 23.0 Å². The Labute approximate surface area is 74.8 Å². The molecule has 0 bridgehead atoms. The number of nitrogens with one attached hydrogen (secondary N) is 1. The van der Waals surface area contributed by atoms with E-state index in [-0.39, 0.29) is 4.90 Å². The van der Waals surface area contributed by atoms with Crippen molar-refractivity contribution in [2.45, 2.75) is 4.90 Å². The average molecular weight is 198 g/mol. The van der Waals surface area contributed by atoms with E-state index in [4.69, 9.17) is 5.53 Å². The molecule has 0 amide bonds. The minimum Gasteiger partial charge on any atom is -0.179 e. The largest absolute Gasteiger partial charge is 0.331 e. The summed E-state index contributed by atoms with van der Waals surface area (Å²) >= 11 is 0. The summed E-state index contributed by atoms with van der Waals surface area (Å²) in [5.41, 5.74) is 7.91. The van der Waals surface area contributed by atoms with Crippen LogP contribution in [0.25, 0.3) is 10.4 Å².